The van der Waals surface area contributed by atoms with Gasteiger partial charge in [0.25, 0.3) is 0 Å². The zero-order valence-corrected chi connectivity index (χ0v) is 17.7. The fourth-order valence-electron chi connectivity index (χ4n) is 3.97. The fourth-order valence-corrected chi connectivity index (χ4v) is 3.97. The molecule has 0 radical (unpaired) electrons. The van der Waals surface area contributed by atoms with E-state index in [0.29, 0.717) is 39.3 Å². The zero-order chi connectivity index (χ0) is 21.3. The Labute approximate surface area is 184 Å². The molecule has 1 heterocycles. The maximum absolute atomic E-state index is 12.7. The van der Waals surface area contributed by atoms with Crippen LogP contribution in [-0.2, 0) is 34.0 Å². The third kappa shape index (κ3) is 6.27. The van der Waals surface area contributed by atoms with Crippen LogP contribution in [0.4, 0.5) is 0 Å². The molecule has 160 valence electrons. The second kappa shape index (κ2) is 10.9. The van der Waals surface area contributed by atoms with Gasteiger partial charge in [0, 0.05) is 25.4 Å². The summed E-state index contributed by atoms with van der Waals surface area (Å²) in [6.45, 7) is 2.87. The van der Waals surface area contributed by atoms with E-state index < -0.39 is 0 Å². The van der Waals surface area contributed by atoms with Gasteiger partial charge in [-0.25, -0.2) is 0 Å². The van der Waals surface area contributed by atoms with Gasteiger partial charge in [-0.1, -0.05) is 91.0 Å². The number of hydrogen-bond donors (Lipinski definition) is 0. The number of amides is 1. The van der Waals surface area contributed by atoms with Crippen molar-refractivity contribution in [3.05, 3.63) is 108 Å². The molecule has 0 spiro atoms. The van der Waals surface area contributed by atoms with Crippen LogP contribution in [0.2, 0.25) is 0 Å². The van der Waals surface area contributed by atoms with E-state index in [1.165, 1.54) is 0 Å². The van der Waals surface area contributed by atoms with E-state index in [4.69, 9.17) is 9.47 Å². The van der Waals surface area contributed by atoms with Gasteiger partial charge in [0.05, 0.1) is 25.9 Å². The van der Waals surface area contributed by atoms with Gasteiger partial charge in [-0.05, 0) is 16.7 Å². The predicted octanol–water partition coefficient (Wildman–Crippen LogP) is 4.84. The molecule has 0 aromatic heterocycles. The molecule has 2 atom stereocenters. The highest BCUT2D eigenvalue weighted by atomic mass is 16.5. The molecular weight excluding hydrogens is 386 g/mol. The Morgan fingerprint density at radius 2 is 1.32 bits per heavy atom. The molecule has 31 heavy (non-hydrogen) atoms. The first-order chi connectivity index (χ1) is 15.3. The van der Waals surface area contributed by atoms with E-state index in [1.54, 1.807) is 0 Å². The molecule has 4 rings (SSSR count). The predicted molar refractivity (Wildman–Crippen MR) is 121 cm³/mol. The lowest BCUT2D eigenvalue weighted by atomic mass is 10.0. The van der Waals surface area contributed by atoms with Gasteiger partial charge < -0.3 is 14.4 Å². The lowest BCUT2D eigenvalue weighted by Crippen LogP contribution is -2.32. The number of rotatable bonds is 10. The third-order valence-corrected chi connectivity index (χ3v) is 5.69. The molecule has 4 heteroatoms. The average Bonchev–Trinajstić information content (AvgIpc) is 3.18. The van der Waals surface area contributed by atoms with E-state index in [2.05, 4.69) is 36.4 Å². The van der Waals surface area contributed by atoms with Crippen LogP contribution in [0.3, 0.4) is 0 Å². The molecule has 1 amide bonds. The van der Waals surface area contributed by atoms with Gasteiger partial charge in [-0.15, -0.1) is 0 Å². The minimum absolute atomic E-state index is 0.121. The largest absolute Gasteiger partial charge is 0.374 e. The molecular formula is C27H29NO3. The monoisotopic (exact) mass is 415 g/mol. The summed E-state index contributed by atoms with van der Waals surface area (Å²) in [5.74, 6) is 0.306. The SMILES string of the molecule is O=C1C[C@H]([C@@H](COCc2ccccc2)OCc2ccccc2)CN1Cc1ccccc1. The van der Waals surface area contributed by atoms with Crippen LogP contribution in [0, 0.1) is 5.92 Å². The van der Waals surface area contributed by atoms with Crippen LogP contribution in [0.25, 0.3) is 0 Å². The summed E-state index contributed by atoms with van der Waals surface area (Å²) in [5, 5.41) is 0. The summed E-state index contributed by atoms with van der Waals surface area (Å²) in [5.41, 5.74) is 3.41. The summed E-state index contributed by atoms with van der Waals surface area (Å²) >= 11 is 0. The lowest BCUT2D eigenvalue weighted by Gasteiger charge is -2.24. The zero-order valence-electron chi connectivity index (χ0n) is 17.7. The summed E-state index contributed by atoms with van der Waals surface area (Å²) in [6, 6.07) is 30.4. The molecule has 0 bridgehead atoms. The molecule has 1 saturated heterocycles. The fraction of sp³-hybridized carbons (Fsp3) is 0.296. The van der Waals surface area contributed by atoms with Gasteiger partial charge in [0.1, 0.15) is 0 Å². The first-order valence-electron chi connectivity index (χ1n) is 10.9. The van der Waals surface area contributed by atoms with Crippen LogP contribution in [0.5, 0.6) is 0 Å². The molecule has 0 aliphatic carbocycles. The smallest absolute Gasteiger partial charge is 0.223 e. The minimum Gasteiger partial charge on any atom is -0.374 e. The molecule has 4 nitrogen and oxygen atoms in total. The van der Waals surface area contributed by atoms with Gasteiger partial charge in [0.15, 0.2) is 0 Å². The molecule has 1 aliphatic heterocycles. The molecule has 1 aliphatic rings. The number of benzene rings is 3. The van der Waals surface area contributed by atoms with Crippen LogP contribution < -0.4 is 0 Å². The van der Waals surface area contributed by atoms with Crippen molar-refractivity contribution in [3.8, 4) is 0 Å². The van der Waals surface area contributed by atoms with Crippen LogP contribution in [0.1, 0.15) is 23.1 Å². The number of hydrogen-bond acceptors (Lipinski definition) is 3. The molecule has 1 fully saturated rings. The van der Waals surface area contributed by atoms with Crippen molar-refractivity contribution >= 4 is 5.91 Å². The molecule has 0 N–H and O–H groups in total. The van der Waals surface area contributed by atoms with Gasteiger partial charge in [0.2, 0.25) is 5.91 Å². The highest BCUT2D eigenvalue weighted by molar-refractivity contribution is 5.78. The normalized spacial score (nSPS) is 17.1. The Kier molecular flexibility index (Phi) is 7.48. The summed E-state index contributed by atoms with van der Waals surface area (Å²) in [7, 11) is 0. The average molecular weight is 416 g/mol. The van der Waals surface area contributed by atoms with Crippen molar-refractivity contribution in [2.45, 2.75) is 32.3 Å². The number of likely N-dealkylation sites (tertiary alicyclic amines) is 1. The van der Waals surface area contributed by atoms with Crippen LogP contribution in [-0.4, -0.2) is 30.1 Å². The summed E-state index contributed by atoms with van der Waals surface area (Å²) in [4.78, 5) is 14.6. The topological polar surface area (TPSA) is 38.8 Å². The van der Waals surface area contributed by atoms with Crippen molar-refractivity contribution in [2.24, 2.45) is 5.92 Å². The van der Waals surface area contributed by atoms with E-state index >= 15 is 0 Å². The molecule has 0 saturated carbocycles. The number of carbonyl (C=O) groups is 1. The van der Waals surface area contributed by atoms with E-state index in [9.17, 15) is 4.79 Å². The molecule has 0 unspecified atom stereocenters. The Bertz CT molecular complexity index is 930. The van der Waals surface area contributed by atoms with Crippen molar-refractivity contribution < 1.29 is 14.3 Å². The number of ether oxygens (including phenoxy) is 2. The Balaban J connectivity index is 1.38. The molecule has 3 aromatic rings. The quantitative estimate of drug-likeness (QED) is 0.476. The van der Waals surface area contributed by atoms with Gasteiger partial charge in [-0.2, -0.15) is 0 Å². The van der Waals surface area contributed by atoms with Crippen LogP contribution >= 0.6 is 0 Å². The van der Waals surface area contributed by atoms with Crippen molar-refractivity contribution in [1.29, 1.82) is 0 Å². The van der Waals surface area contributed by atoms with Gasteiger partial charge in [-0.3, -0.25) is 4.79 Å². The van der Waals surface area contributed by atoms with Crippen molar-refractivity contribution in [1.82, 2.24) is 4.90 Å². The third-order valence-electron chi connectivity index (χ3n) is 5.69. The molecule has 3 aromatic carbocycles. The highest BCUT2D eigenvalue weighted by Gasteiger charge is 2.35. The van der Waals surface area contributed by atoms with Crippen LogP contribution in [0.15, 0.2) is 91.0 Å². The second-order valence-electron chi connectivity index (χ2n) is 8.06. The van der Waals surface area contributed by atoms with E-state index in [1.807, 2.05) is 59.5 Å². The lowest BCUT2D eigenvalue weighted by molar-refractivity contribution is -0.128. The van der Waals surface area contributed by atoms with E-state index in [0.717, 1.165) is 16.7 Å². The highest BCUT2D eigenvalue weighted by Crippen LogP contribution is 2.26. The minimum atomic E-state index is -0.131. The number of nitrogens with zero attached hydrogens (tertiary/aromatic N) is 1. The number of carbonyl (C=O) groups excluding carboxylic acids is 1. The first-order valence-corrected chi connectivity index (χ1v) is 10.9. The Morgan fingerprint density at radius 1 is 0.774 bits per heavy atom. The van der Waals surface area contributed by atoms with Gasteiger partial charge >= 0.3 is 0 Å². The first kappa shape index (κ1) is 21.3. The maximum Gasteiger partial charge on any atom is 0.223 e. The Morgan fingerprint density at radius 3 is 1.94 bits per heavy atom. The summed E-state index contributed by atoms with van der Waals surface area (Å²) < 4.78 is 12.3. The van der Waals surface area contributed by atoms with E-state index in [-0.39, 0.29) is 17.9 Å². The Hall–Kier alpha value is -2.95. The summed E-state index contributed by atoms with van der Waals surface area (Å²) in [6.07, 6.45) is 0.370. The van der Waals surface area contributed by atoms with Crippen molar-refractivity contribution in [3.63, 3.8) is 0 Å². The second-order valence-corrected chi connectivity index (χ2v) is 8.06. The maximum atomic E-state index is 12.7. The van der Waals surface area contributed by atoms with Crippen molar-refractivity contribution in [2.75, 3.05) is 13.2 Å². The standard InChI is InChI=1S/C27H29NO3/c29-27-16-25(18-28(27)17-22-10-4-1-5-11-22)26(31-20-24-14-8-3-9-15-24)21-30-19-23-12-6-2-7-13-23/h1-15,25-26H,16-21H2/t25-,26+/m0/s1.